The fourth-order valence-electron chi connectivity index (χ4n) is 2.99. The second-order valence-electron chi connectivity index (χ2n) is 6.70. The van der Waals surface area contributed by atoms with E-state index in [0.29, 0.717) is 16.5 Å². The van der Waals surface area contributed by atoms with Gasteiger partial charge in [-0.05, 0) is 92.3 Å². The van der Waals surface area contributed by atoms with E-state index in [1.54, 1.807) is 12.1 Å². The summed E-state index contributed by atoms with van der Waals surface area (Å²) in [6.07, 6.45) is 0. The molecule has 6 heteroatoms. The predicted molar refractivity (Wildman–Crippen MR) is 113 cm³/mol. The number of hydrogen-bond donors (Lipinski definition) is 2. The van der Waals surface area contributed by atoms with E-state index in [1.807, 2.05) is 6.07 Å². The zero-order valence-corrected chi connectivity index (χ0v) is 17.6. The van der Waals surface area contributed by atoms with Crippen LogP contribution >= 0.6 is 11.8 Å². The van der Waals surface area contributed by atoms with E-state index >= 15 is 0 Å². The van der Waals surface area contributed by atoms with Gasteiger partial charge in [0.1, 0.15) is 17.5 Å². The highest BCUT2D eigenvalue weighted by molar-refractivity contribution is 8.02. The minimum absolute atomic E-state index is 0.148. The Labute approximate surface area is 169 Å². The number of hydrogen-bond acceptors (Lipinski definition) is 4. The van der Waals surface area contributed by atoms with Gasteiger partial charge in [0.25, 0.3) is 5.91 Å². The molecule has 1 amide bonds. The summed E-state index contributed by atoms with van der Waals surface area (Å²) in [6, 6.07) is 7.58. The second-order valence-corrected chi connectivity index (χ2v) is 7.69. The van der Waals surface area contributed by atoms with Crippen molar-refractivity contribution in [3.63, 3.8) is 0 Å². The molecule has 0 fully saturated rings. The molecule has 0 heterocycles. The molecule has 0 unspecified atom stereocenters. The van der Waals surface area contributed by atoms with Crippen LogP contribution < -0.4 is 11.1 Å². The van der Waals surface area contributed by atoms with Crippen molar-refractivity contribution in [1.29, 1.82) is 5.26 Å². The van der Waals surface area contributed by atoms with Gasteiger partial charge in [0.2, 0.25) is 0 Å². The molecule has 2 aromatic rings. The number of nitriles is 1. The average molecular weight is 398 g/mol. The van der Waals surface area contributed by atoms with E-state index in [4.69, 9.17) is 5.73 Å². The third-order valence-corrected chi connectivity index (χ3v) is 6.23. The van der Waals surface area contributed by atoms with Crippen LogP contribution in [0.4, 0.5) is 10.1 Å². The molecule has 0 aliphatic carbocycles. The topological polar surface area (TPSA) is 78.9 Å². The Hall–Kier alpha value is -2.78. The maximum Gasteiger partial charge on any atom is 0.262 e. The Balaban J connectivity index is 2.41. The predicted octanol–water partition coefficient (Wildman–Crippen LogP) is 4.93. The lowest BCUT2D eigenvalue weighted by Crippen LogP contribution is -2.17. The summed E-state index contributed by atoms with van der Waals surface area (Å²) in [7, 11) is 0. The lowest BCUT2D eigenvalue weighted by molar-refractivity contribution is -0.114. The van der Waals surface area contributed by atoms with Gasteiger partial charge in [-0.1, -0.05) is 0 Å². The van der Waals surface area contributed by atoms with Gasteiger partial charge in [-0.25, -0.2) is 4.39 Å². The number of nitrogens with two attached hydrogens (primary N) is 1. The van der Waals surface area contributed by atoms with Crippen molar-refractivity contribution in [2.45, 2.75) is 40.4 Å². The number of carbonyl (C=O) groups excluding carboxylic acids is 1. The number of nitrogens with zero attached hydrogens (tertiary/aromatic N) is 1. The Morgan fingerprint density at radius 3 is 2.00 bits per heavy atom. The van der Waals surface area contributed by atoms with Crippen LogP contribution in [0.25, 0.3) is 0 Å². The van der Waals surface area contributed by atoms with Gasteiger partial charge in [0.05, 0.1) is 5.03 Å². The molecule has 3 N–H and O–H groups in total. The summed E-state index contributed by atoms with van der Waals surface area (Å²) in [5.41, 5.74) is 13.1. The highest BCUT2D eigenvalue weighted by atomic mass is 32.2. The van der Waals surface area contributed by atoms with E-state index in [2.05, 4.69) is 39.9 Å². The Morgan fingerprint density at radius 2 is 1.54 bits per heavy atom. The fourth-order valence-corrected chi connectivity index (χ4v) is 4.19. The molecule has 0 spiro atoms. The van der Waals surface area contributed by atoms with Gasteiger partial charge < -0.3 is 11.1 Å². The van der Waals surface area contributed by atoms with E-state index in [1.165, 1.54) is 57.3 Å². The molecular formula is C22H24FN3OS. The largest absolute Gasteiger partial charge is 0.365 e. The first-order valence-electron chi connectivity index (χ1n) is 8.82. The zero-order chi connectivity index (χ0) is 21.0. The van der Waals surface area contributed by atoms with Crippen molar-refractivity contribution in [3.8, 4) is 6.07 Å². The SMILES string of the molecule is Cc1c(C)c(C)c(CSC(Nc2ccc(F)cc2)=C(C#N)C(N)=O)c(C)c1C. The summed E-state index contributed by atoms with van der Waals surface area (Å²) in [5, 5.41) is 12.8. The van der Waals surface area contributed by atoms with Gasteiger partial charge in [0, 0.05) is 11.4 Å². The number of thioether (sulfide) groups is 1. The maximum absolute atomic E-state index is 13.2. The normalized spacial score (nSPS) is 11.6. The molecule has 0 bridgehead atoms. The molecule has 0 radical (unpaired) electrons. The monoisotopic (exact) mass is 397 g/mol. The van der Waals surface area contributed by atoms with E-state index in [0.717, 1.165) is 0 Å². The molecule has 2 rings (SSSR count). The van der Waals surface area contributed by atoms with Crippen molar-refractivity contribution in [1.82, 2.24) is 0 Å². The molecular weight excluding hydrogens is 373 g/mol. The van der Waals surface area contributed by atoms with Gasteiger partial charge in [-0.15, -0.1) is 11.8 Å². The highest BCUT2D eigenvalue weighted by Crippen LogP contribution is 2.32. The first kappa shape index (κ1) is 21.5. The number of amides is 1. The van der Waals surface area contributed by atoms with Crippen molar-refractivity contribution < 1.29 is 9.18 Å². The van der Waals surface area contributed by atoms with Gasteiger partial charge in [-0.2, -0.15) is 5.26 Å². The zero-order valence-electron chi connectivity index (χ0n) is 16.7. The van der Waals surface area contributed by atoms with Crippen molar-refractivity contribution in [3.05, 3.63) is 74.1 Å². The quantitative estimate of drug-likeness (QED) is 0.535. The van der Waals surface area contributed by atoms with Gasteiger partial charge in [0.15, 0.2) is 0 Å². The molecule has 4 nitrogen and oxygen atoms in total. The molecule has 28 heavy (non-hydrogen) atoms. The first-order valence-corrected chi connectivity index (χ1v) is 9.81. The molecule has 0 aliphatic rings. The second kappa shape index (κ2) is 8.94. The summed E-state index contributed by atoms with van der Waals surface area (Å²) in [6.45, 7) is 10.5. The first-order chi connectivity index (χ1) is 13.2. The number of halogens is 1. The van der Waals surface area contributed by atoms with Crippen LogP contribution in [0.3, 0.4) is 0 Å². The number of carbonyl (C=O) groups is 1. The van der Waals surface area contributed by atoms with Crippen LogP contribution in [-0.4, -0.2) is 5.91 Å². The summed E-state index contributed by atoms with van der Waals surface area (Å²) >= 11 is 1.34. The average Bonchev–Trinajstić information content (AvgIpc) is 2.66. The van der Waals surface area contributed by atoms with Crippen molar-refractivity contribution in [2.24, 2.45) is 5.73 Å². The third-order valence-electron chi connectivity index (χ3n) is 5.20. The van der Waals surface area contributed by atoms with Crippen LogP contribution in [-0.2, 0) is 10.5 Å². The molecule has 146 valence electrons. The standard InChI is InChI=1S/C22H24FN3OS/c1-12-13(2)15(4)20(16(5)14(12)3)11-28-22(19(10-24)21(25)27)26-18-8-6-17(23)7-9-18/h6-9,26H,11H2,1-5H3,(H2,25,27). The summed E-state index contributed by atoms with van der Waals surface area (Å²) in [5.74, 6) is -0.595. The molecule has 2 aromatic carbocycles. The van der Waals surface area contributed by atoms with E-state index < -0.39 is 5.91 Å². The smallest absolute Gasteiger partial charge is 0.262 e. The molecule has 0 saturated carbocycles. The number of benzene rings is 2. The van der Waals surface area contributed by atoms with E-state index in [9.17, 15) is 14.4 Å². The summed E-state index contributed by atoms with van der Waals surface area (Å²) in [4.78, 5) is 11.7. The number of nitrogens with one attached hydrogen (secondary N) is 1. The Bertz CT molecular complexity index is 959. The molecule has 0 saturated heterocycles. The maximum atomic E-state index is 13.2. The minimum Gasteiger partial charge on any atom is -0.365 e. The summed E-state index contributed by atoms with van der Waals surface area (Å²) < 4.78 is 13.2. The van der Waals surface area contributed by atoms with Crippen molar-refractivity contribution in [2.75, 3.05) is 5.32 Å². The number of primary amides is 1. The van der Waals surface area contributed by atoms with Crippen LogP contribution in [0.5, 0.6) is 0 Å². The van der Waals surface area contributed by atoms with E-state index in [-0.39, 0.29) is 11.4 Å². The van der Waals surface area contributed by atoms with Crippen molar-refractivity contribution >= 4 is 23.4 Å². The Morgan fingerprint density at radius 1 is 1.04 bits per heavy atom. The lowest BCUT2D eigenvalue weighted by Gasteiger charge is -2.19. The van der Waals surface area contributed by atoms with Gasteiger partial charge in [-0.3, -0.25) is 4.79 Å². The highest BCUT2D eigenvalue weighted by Gasteiger charge is 2.17. The van der Waals surface area contributed by atoms with Crippen LogP contribution in [0.15, 0.2) is 34.9 Å². The minimum atomic E-state index is -0.802. The number of anilines is 1. The molecule has 0 atom stereocenters. The number of rotatable bonds is 6. The third kappa shape index (κ3) is 4.55. The molecule has 0 aromatic heterocycles. The van der Waals surface area contributed by atoms with Crippen LogP contribution in [0.2, 0.25) is 0 Å². The Kier molecular flexibility index (Phi) is 6.87. The fraction of sp³-hybridized carbons (Fsp3) is 0.273. The molecule has 0 aliphatic heterocycles. The lowest BCUT2D eigenvalue weighted by atomic mass is 9.90. The van der Waals surface area contributed by atoms with Gasteiger partial charge >= 0.3 is 0 Å². The van der Waals surface area contributed by atoms with Crippen LogP contribution in [0, 0.1) is 51.8 Å². The van der Waals surface area contributed by atoms with Crippen LogP contribution in [0.1, 0.15) is 33.4 Å².